The van der Waals surface area contributed by atoms with E-state index in [4.69, 9.17) is 0 Å². The Balaban J connectivity index is 1.14. The van der Waals surface area contributed by atoms with E-state index in [1.54, 1.807) is 4.90 Å². The summed E-state index contributed by atoms with van der Waals surface area (Å²) in [6.45, 7) is 4.05. The standard InChI is InChI=1S/C29H43N7O3/c1-32(2)24-10-13-34(18-24)26(37)19-35-20-36(23-6-4-3-5-7-23)29(28(35)39)11-14-33(15-12-29)27(38)21-8-9-25-22(16-21)17-30-31-25/h3-7,21-22,24-25,30-31H,8-20H2,1-2H3/t21?,22?,24-,25?/m1/s1. The SMILES string of the molecule is CN(C)[C@@H]1CCN(C(=O)CN2CN(c3ccccc3)C3(CCN(C(=O)C4CCC5NNCC5C4)CC3)C2=O)C1. The van der Waals surface area contributed by atoms with E-state index in [0.717, 1.165) is 44.5 Å². The molecule has 3 unspecified atom stereocenters. The fourth-order valence-electron chi connectivity index (χ4n) is 7.56. The highest BCUT2D eigenvalue weighted by Gasteiger charge is 2.55. The first-order valence-electron chi connectivity index (χ1n) is 14.7. The number of hydrogen-bond donors (Lipinski definition) is 2. The first-order chi connectivity index (χ1) is 18.9. The number of nitrogens with zero attached hydrogens (tertiary/aromatic N) is 5. The second-order valence-electron chi connectivity index (χ2n) is 12.4. The van der Waals surface area contributed by atoms with Crippen molar-refractivity contribution >= 4 is 23.4 Å². The molecule has 1 aliphatic carbocycles. The number of anilines is 1. The van der Waals surface area contributed by atoms with Crippen LogP contribution in [0.4, 0.5) is 5.69 Å². The van der Waals surface area contributed by atoms with Crippen molar-refractivity contribution in [2.24, 2.45) is 11.8 Å². The lowest BCUT2D eigenvalue weighted by Gasteiger charge is -2.44. The Morgan fingerprint density at radius 2 is 1.79 bits per heavy atom. The first-order valence-corrected chi connectivity index (χ1v) is 14.7. The number of rotatable bonds is 5. The Labute approximate surface area is 231 Å². The maximum Gasteiger partial charge on any atom is 0.250 e. The van der Waals surface area contributed by atoms with Crippen LogP contribution in [0.15, 0.2) is 30.3 Å². The predicted octanol–water partition coefficient (Wildman–Crippen LogP) is 0.709. The van der Waals surface area contributed by atoms with Crippen LogP contribution in [0.1, 0.15) is 38.5 Å². The molecule has 5 aliphatic rings. The number of fused-ring (bicyclic) bond motifs is 1. The quantitative estimate of drug-likeness (QED) is 0.572. The van der Waals surface area contributed by atoms with Crippen LogP contribution in [0.2, 0.25) is 0 Å². The van der Waals surface area contributed by atoms with E-state index in [0.29, 0.717) is 57.1 Å². The third kappa shape index (κ3) is 4.91. The lowest BCUT2D eigenvalue weighted by Crippen LogP contribution is -2.58. The number of carbonyl (C=O) groups excluding carboxylic acids is 3. The summed E-state index contributed by atoms with van der Waals surface area (Å²) >= 11 is 0. The van der Waals surface area contributed by atoms with Crippen LogP contribution < -0.4 is 15.8 Å². The number of likely N-dealkylation sites (tertiary alicyclic amines) is 2. The number of hydrogen-bond acceptors (Lipinski definition) is 7. The van der Waals surface area contributed by atoms with Crippen molar-refractivity contribution < 1.29 is 14.4 Å². The minimum Gasteiger partial charge on any atom is -0.342 e. The van der Waals surface area contributed by atoms with Crippen LogP contribution in [0, 0.1) is 11.8 Å². The lowest BCUT2D eigenvalue weighted by atomic mass is 9.77. The maximum absolute atomic E-state index is 14.1. The van der Waals surface area contributed by atoms with Crippen molar-refractivity contribution in [1.29, 1.82) is 0 Å². The van der Waals surface area contributed by atoms with Crippen molar-refractivity contribution in [2.75, 3.05) is 64.9 Å². The highest BCUT2D eigenvalue weighted by molar-refractivity contribution is 5.96. The lowest BCUT2D eigenvalue weighted by molar-refractivity contribution is -0.143. The van der Waals surface area contributed by atoms with Gasteiger partial charge in [0.05, 0.1) is 6.67 Å². The molecule has 0 bridgehead atoms. The van der Waals surface area contributed by atoms with Crippen LogP contribution in [-0.4, -0.2) is 115 Å². The molecule has 1 saturated carbocycles. The summed E-state index contributed by atoms with van der Waals surface area (Å²) in [4.78, 5) is 50.9. The Morgan fingerprint density at radius 3 is 2.51 bits per heavy atom. The van der Waals surface area contributed by atoms with E-state index in [1.807, 2.05) is 40.1 Å². The number of hydrazine groups is 1. The number of benzene rings is 1. The molecule has 1 aromatic carbocycles. The Morgan fingerprint density at radius 1 is 1.03 bits per heavy atom. The normalized spacial score (nSPS) is 30.5. The van der Waals surface area contributed by atoms with Gasteiger partial charge in [-0.15, -0.1) is 0 Å². The summed E-state index contributed by atoms with van der Waals surface area (Å²) in [6.07, 6.45) is 5.03. The molecule has 0 radical (unpaired) electrons. The number of amides is 3. The van der Waals surface area contributed by atoms with E-state index >= 15 is 0 Å². The molecule has 212 valence electrons. The molecule has 1 spiro atoms. The van der Waals surface area contributed by atoms with E-state index < -0.39 is 5.54 Å². The average Bonchev–Trinajstić information content (AvgIpc) is 3.69. The molecule has 3 amide bonds. The third-order valence-electron chi connectivity index (χ3n) is 10.0. The molecule has 4 atom stereocenters. The maximum atomic E-state index is 14.1. The highest BCUT2D eigenvalue weighted by Crippen LogP contribution is 2.40. The minimum atomic E-state index is -0.716. The second-order valence-corrected chi connectivity index (χ2v) is 12.4. The molecule has 4 aliphatic heterocycles. The fraction of sp³-hybridized carbons (Fsp3) is 0.690. The summed E-state index contributed by atoms with van der Waals surface area (Å²) in [5, 5.41) is 0. The molecule has 2 N–H and O–H groups in total. The number of piperidine rings is 1. The van der Waals surface area contributed by atoms with E-state index in [9.17, 15) is 14.4 Å². The van der Waals surface area contributed by atoms with Gasteiger partial charge >= 0.3 is 0 Å². The van der Waals surface area contributed by atoms with Crippen LogP contribution in [-0.2, 0) is 14.4 Å². The van der Waals surface area contributed by atoms with Crippen LogP contribution >= 0.6 is 0 Å². The van der Waals surface area contributed by atoms with Gasteiger partial charge in [-0.25, -0.2) is 0 Å². The van der Waals surface area contributed by atoms with Gasteiger partial charge in [0.2, 0.25) is 11.8 Å². The van der Waals surface area contributed by atoms with Gasteiger partial charge in [0.1, 0.15) is 12.1 Å². The number of carbonyl (C=O) groups is 3. The Kier molecular flexibility index (Phi) is 7.28. The van der Waals surface area contributed by atoms with Gasteiger partial charge in [0.25, 0.3) is 5.91 Å². The smallest absolute Gasteiger partial charge is 0.250 e. The van der Waals surface area contributed by atoms with Crippen LogP contribution in [0.25, 0.3) is 0 Å². The van der Waals surface area contributed by atoms with Gasteiger partial charge < -0.3 is 24.5 Å². The zero-order valence-electron chi connectivity index (χ0n) is 23.3. The van der Waals surface area contributed by atoms with Gasteiger partial charge in [-0.1, -0.05) is 18.2 Å². The third-order valence-corrected chi connectivity index (χ3v) is 10.0. The molecule has 1 aromatic rings. The van der Waals surface area contributed by atoms with Gasteiger partial charge in [-0.05, 0) is 70.7 Å². The topological polar surface area (TPSA) is 91.5 Å². The van der Waals surface area contributed by atoms with Gasteiger partial charge in [-0.3, -0.25) is 25.2 Å². The van der Waals surface area contributed by atoms with Gasteiger partial charge in [0.15, 0.2) is 0 Å². The summed E-state index contributed by atoms with van der Waals surface area (Å²) < 4.78 is 0. The van der Waals surface area contributed by atoms with Crippen molar-refractivity contribution in [3.05, 3.63) is 30.3 Å². The van der Waals surface area contributed by atoms with Crippen molar-refractivity contribution in [2.45, 2.75) is 56.1 Å². The number of nitrogens with one attached hydrogen (secondary N) is 2. The Hall–Kier alpha value is -2.69. The molecule has 39 heavy (non-hydrogen) atoms. The van der Waals surface area contributed by atoms with Gasteiger partial charge in [0, 0.05) is 56.4 Å². The summed E-state index contributed by atoms with van der Waals surface area (Å²) in [5.74, 6) is 0.898. The molecule has 0 aromatic heterocycles. The monoisotopic (exact) mass is 537 g/mol. The zero-order valence-corrected chi connectivity index (χ0v) is 23.3. The highest BCUT2D eigenvalue weighted by atomic mass is 16.2. The molecule has 5 fully saturated rings. The summed E-state index contributed by atoms with van der Waals surface area (Å²) in [6, 6.07) is 10.9. The molecular weight excluding hydrogens is 494 g/mol. The number of likely N-dealkylation sites (N-methyl/N-ethyl adjacent to an activating group) is 1. The van der Waals surface area contributed by atoms with Crippen molar-refractivity contribution in [3.8, 4) is 0 Å². The fourth-order valence-corrected chi connectivity index (χ4v) is 7.56. The molecule has 4 saturated heterocycles. The van der Waals surface area contributed by atoms with Crippen LogP contribution in [0.3, 0.4) is 0 Å². The number of para-hydroxylation sites is 1. The molecule has 10 nitrogen and oxygen atoms in total. The average molecular weight is 538 g/mol. The van der Waals surface area contributed by atoms with Crippen LogP contribution in [0.5, 0.6) is 0 Å². The molecule has 10 heteroatoms. The molecule has 6 rings (SSSR count). The second kappa shape index (κ2) is 10.7. The van der Waals surface area contributed by atoms with E-state index in [-0.39, 0.29) is 30.2 Å². The van der Waals surface area contributed by atoms with E-state index in [2.05, 4.69) is 34.7 Å². The minimum absolute atomic E-state index is 0.0249. The van der Waals surface area contributed by atoms with Gasteiger partial charge in [-0.2, -0.15) is 0 Å². The molecule has 4 heterocycles. The largest absolute Gasteiger partial charge is 0.342 e. The summed E-state index contributed by atoms with van der Waals surface area (Å²) in [5.41, 5.74) is 6.88. The Bertz CT molecular complexity index is 1070. The van der Waals surface area contributed by atoms with E-state index in [1.165, 1.54) is 0 Å². The first kappa shape index (κ1) is 26.5. The zero-order chi connectivity index (χ0) is 27.1. The summed E-state index contributed by atoms with van der Waals surface area (Å²) in [7, 11) is 4.10. The van der Waals surface area contributed by atoms with Crippen molar-refractivity contribution in [1.82, 2.24) is 30.5 Å². The predicted molar refractivity (Wildman–Crippen MR) is 148 cm³/mol. The van der Waals surface area contributed by atoms with Crippen molar-refractivity contribution in [3.63, 3.8) is 0 Å². The molecular formula is C29H43N7O3.